The molecule has 3 aromatic rings. The van der Waals surface area contributed by atoms with Crippen LogP contribution in [0.4, 0.5) is 10.1 Å². The van der Waals surface area contributed by atoms with E-state index in [1.165, 1.54) is 18.2 Å². The Bertz CT molecular complexity index is 1730. The highest BCUT2D eigenvalue weighted by atomic mass is 31.1. The Hall–Kier alpha value is -4.52. The molecule has 0 saturated carbocycles. The lowest BCUT2D eigenvalue weighted by Gasteiger charge is -2.18. The van der Waals surface area contributed by atoms with E-state index < -0.39 is 20.1 Å². The second-order valence-corrected chi connectivity index (χ2v) is 12.9. The van der Waals surface area contributed by atoms with Crippen molar-refractivity contribution in [2.24, 2.45) is 5.92 Å². The number of aliphatic hydroxyl groups is 1. The number of aromatic amines is 1. The lowest BCUT2D eigenvalue weighted by Crippen LogP contribution is -2.46. The van der Waals surface area contributed by atoms with Gasteiger partial charge >= 0.3 is 8.25 Å². The van der Waals surface area contributed by atoms with Crippen LogP contribution in [0.2, 0.25) is 0 Å². The van der Waals surface area contributed by atoms with Crippen molar-refractivity contribution >= 4 is 49.4 Å². The van der Waals surface area contributed by atoms with Crippen molar-refractivity contribution in [3.8, 4) is 0 Å². The third-order valence-electron chi connectivity index (χ3n) is 8.50. The maximum atomic E-state index is 13.9. The van der Waals surface area contributed by atoms with Gasteiger partial charge in [-0.1, -0.05) is 48.9 Å². The Kier molecular flexibility index (Phi) is 14.6. The Balaban J connectivity index is 1.35. The number of amides is 3. The van der Waals surface area contributed by atoms with Crippen LogP contribution in [0.1, 0.15) is 65.7 Å². The number of fused-ring (bicyclic) bond motifs is 1. The van der Waals surface area contributed by atoms with Crippen LogP contribution >= 0.6 is 8.25 Å². The molecule has 0 aliphatic carbocycles. The molecule has 0 fully saturated rings. The summed E-state index contributed by atoms with van der Waals surface area (Å²) < 4.78 is 33.4. The van der Waals surface area contributed by atoms with Crippen molar-refractivity contribution in [1.82, 2.24) is 15.6 Å². The van der Waals surface area contributed by atoms with E-state index in [0.29, 0.717) is 54.7 Å². The van der Waals surface area contributed by atoms with E-state index in [0.717, 1.165) is 22.4 Å². The van der Waals surface area contributed by atoms with Crippen LogP contribution < -0.4 is 16.0 Å². The lowest BCUT2D eigenvalue weighted by atomic mass is 10.0. The van der Waals surface area contributed by atoms with E-state index in [1.54, 1.807) is 6.08 Å². The average Bonchev–Trinajstić information content (AvgIpc) is 3.56. The van der Waals surface area contributed by atoms with E-state index in [1.807, 2.05) is 56.3 Å². The van der Waals surface area contributed by atoms with Crippen LogP contribution in [0.3, 0.4) is 0 Å². The highest BCUT2D eigenvalue weighted by Gasteiger charge is 2.26. The SMILES string of the molecule is Cc1[nH]c(/C=C2\C(=O)Nc3ccc(F)cc32)c(C)c1CCC(=O)NC(C/C=C/c1ccccc1)C(=O)NCCCCC(CO)CO[P+](=O)OO. The van der Waals surface area contributed by atoms with E-state index >= 15 is 0 Å². The van der Waals surface area contributed by atoms with Gasteiger partial charge in [0.25, 0.3) is 5.91 Å². The van der Waals surface area contributed by atoms with Crippen LogP contribution in [-0.2, 0) is 34.6 Å². The molecular weight excluding hydrogens is 666 g/mol. The number of aliphatic hydroxyl groups excluding tert-OH is 1. The van der Waals surface area contributed by atoms with Crippen LogP contribution in [0.5, 0.6) is 0 Å². The minimum atomic E-state index is -2.64. The highest BCUT2D eigenvalue weighted by Crippen LogP contribution is 2.34. The molecule has 50 heavy (non-hydrogen) atoms. The van der Waals surface area contributed by atoms with Crippen LogP contribution in [0.25, 0.3) is 17.7 Å². The smallest absolute Gasteiger partial charge is 0.396 e. The zero-order chi connectivity index (χ0) is 36.0. The molecule has 0 spiro atoms. The first kappa shape index (κ1) is 38.3. The molecule has 2 aromatic carbocycles. The average molecular weight is 710 g/mol. The molecule has 2 heterocycles. The molecule has 3 amide bonds. The Morgan fingerprint density at radius 1 is 1.12 bits per heavy atom. The van der Waals surface area contributed by atoms with Crippen LogP contribution in [0.15, 0.2) is 54.6 Å². The fourth-order valence-electron chi connectivity index (χ4n) is 5.73. The van der Waals surface area contributed by atoms with Gasteiger partial charge in [-0.05, 0) is 80.5 Å². The van der Waals surface area contributed by atoms with E-state index in [9.17, 15) is 28.4 Å². The highest BCUT2D eigenvalue weighted by molar-refractivity contribution is 7.33. The summed E-state index contributed by atoms with van der Waals surface area (Å²) in [6.07, 6.45) is 7.98. The molecule has 266 valence electrons. The van der Waals surface area contributed by atoms with Gasteiger partial charge < -0.3 is 26.0 Å². The second-order valence-electron chi connectivity index (χ2n) is 12.1. The largest absolute Gasteiger partial charge is 0.728 e. The van der Waals surface area contributed by atoms with Crippen molar-refractivity contribution in [3.05, 3.63) is 94.1 Å². The van der Waals surface area contributed by atoms with Gasteiger partial charge in [0.05, 0.1) is 10.2 Å². The number of anilines is 1. The predicted molar refractivity (Wildman–Crippen MR) is 188 cm³/mol. The zero-order valence-electron chi connectivity index (χ0n) is 28.0. The summed E-state index contributed by atoms with van der Waals surface area (Å²) in [5, 5.41) is 26.4. The van der Waals surface area contributed by atoms with Gasteiger partial charge in [-0.25, -0.2) is 9.65 Å². The monoisotopic (exact) mass is 709 g/mol. The molecule has 0 bridgehead atoms. The number of aryl methyl sites for hydroxylation is 1. The summed E-state index contributed by atoms with van der Waals surface area (Å²) in [4.78, 5) is 42.3. The number of rotatable bonds is 19. The molecule has 6 N–H and O–H groups in total. The van der Waals surface area contributed by atoms with Gasteiger partial charge in [0.2, 0.25) is 11.8 Å². The number of aromatic nitrogens is 1. The molecule has 0 saturated heterocycles. The Morgan fingerprint density at radius 3 is 2.64 bits per heavy atom. The lowest BCUT2D eigenvalue weighted by molar-refractivity contribution is -0.142. The minimum absolute atomic E-state index is 0.0474. The molecule has 1 aliphatic heterocycles. The first-order valence-electron chi connectivity index (χ1n) is 16.4. The Morgan fingerprint density at radius 2 is 1.90 bits per heavy atom. The van der Waals surface area contributed by atoms with Crippen molar-refractivity contribution in [2.45, 2.75) is 58.4 Å². The Labute approximate surface area is 291 Å². The predicted octanol–water partition coefficient (Wildman–Crippen LogP) is 5.84. The number of nitrogens with one attached hydrogen (secondary N) is 4. The maximum Gasteiger partial charge on any atom is 0.728 e. The zero-order valence-corrected chi connectivity index (χ0v) is 28.9. The van der Waals surface area contributed by atoms with Gasteiger partial charge in [-0.15, -0.1) is 4.52 Å². The topological polar surface area (TPSA) is 179 Å². The van der Waals surface area contributed by atoms with Crippen LogP contribution in [0, 0.1) is 25.6 Å². The molecule has 14 heteroatoms. The van der Waals surface area contributed by atoms with Crippen molar-refractivity contribution < 1.29 is 42.9 Å². The first-order chi connectivity index (χ1) is 24.1. The number of halogens is 1. The molecule has 4 rings (SSSR count). The maximum absolute atomic E-state index is 13.9. The number of carbonyl (C=O) groups is 3. The summed E-state index contributed by atoms with van der Waals surface area (Å²) in [7, 11) is -2.64. The number of unbranched alkanes of at least 4 members (excludes halogenated alkanes) is 1. The molecule has 1 aliphatic rings. The van der Waals surface area contributed by atoms with Gasteiger partial charge in [0.15, 0.2) is 0 Å². The number of hydrogen-bond acceptors (Lipinski definition) is 8. The van der Waals surface area contributed by atoms with Gasteiger partial charge in [-0.3, -0.25) is 14.4 Å². The van der Waals surface area contributed by atoms with Crippen molar-refractivity contribution in [2.75, 3.05) is 25.1 Å². The first-order valence-corrected chi connectivity index (χ1v) is 17.5. The van der Waals surface area contributed by atoms with Crippen LogP contribution in [-0.4, -0.2) is 58.9 Å². The van der Waals surface area contributed by atoms with Gasteiger partial charge in [0.1, 0.15) is 18.5 Å². The molecule has 3 atom stereocenters. The quantitative estimate of drug-likeness (QED) is 0.0295. The molecular formula is C36H43FN4O8P+. The number of hydrogen-bond donors (Lipinski definition) is 6. The number of benzene rings is 2. The molecule has 1 aromatic heterocycles. The third-order valence-corrected chi connectivity index (χ3v) is 8.99. The summed E-state index contributed by atoms with van der Waals surface area (Å²) >= 11 is 0. The normalized spacial score (nSPS) is 14.8. The van der Waals surface area contributed by atoms with E-state index in [2.05, 4.69) is 25.6 Å². The fraction of sp³-hybridized carbons (Fsp3) is 0.361. The minimum Gasteiger partial charge on any atom is -0.396 e. The number of H-pyrrole nitrogens is 1. The van der Waals surface area contributed by atoms with Gasteiger partial charge in [0, 0.05) is 52.7 Å². The summed E-state index contributed by atoms with van der Waals surface area (Å²) in [5.74, 6) is -1.70. The summed E-state index contributed by atoms with van der Waals surface area (Å²) in [5.41, 5.74) is 5.65. The third kappa shape index (κ3) is 11.0. The van der Waals surface area contributed by atoms with Crippen molar-refractivity contribution in [3.63, 3.8) is 0 Å². The van der Waals surface area contributed by atoms with E-state index in [4.69, 9.17) is 9.78 Å². The molecule has 12 nitrogen and oxygen atoms in total. The van der Waals surface area contributed by atoms with Crippen molar-refractivity contribution in [1.29, 1.82) is 0 Å². The summed E-state index contributed by atoms with van der Waals surface area (Å²) in [6.45, 7) is 3.88. The summed E-state index contributed by atoms with van der Waals surface area (Å²) in [6, 6.07) is 12.9. The fourth-order valence-corrected chi connectivity index (χ4v) is 6.11. The van der Waals surface area contributed by atoms with E-state index in [-0.39, 0.29) is 49.7 Å². The molecule has 0 radical (unpaired) electrons. The molecule has 3 unspecified atom stereocenters. The number of carbonyl (C=O) groups excluding carboxylic acids is 3. The van der Waals surface area contributed by atoms with Gasteiger partial charge in [-0.2, -0.15) is 0 Å². The standard InChI is InChI=1S/C36H42FN4O8P/c1-23-28(24(2)39-33(23)20-30-29-19-27(37)14-16-31(29)41-35(30)44)15-17-34(43)40-32(13-8-12-25-9-4-3-5-10-25)36(45)38-18-7-6-11-26(21-42)22-48-50(47)49-46/h3-5,8-10,12,14,16,19-20,26,32,39,42H,6-7,11,13,15,17-18,21-22H2,1-2H3,(H3-,38,40,41,43,44,45,46)/p+1/b12-8+,30-20-. The second kappa shape index (κ2) is 19.0.